The molecule has 1 N–H and O–H groups in total. The van der Waals surface area contributed by atoms with Crippen LogP contribution in [0.5, 0.6) is 0 Å². The summed E-state index contributed by atoms with van der Waals surface area (Å²) < 4.78 is 14.4. The van der Waals surface area contributed by atoms with Crippen LogP contribution in [0.2, 0.25) is 0 Å². The molecule has 0 aromatic carbocycles. The lowest BCUT2D eigenvalue weighted by atomic mass is 10.0. The largest absolute Gasteiger partial charge is 0.695 e. The lowest BCUT2D eigenvalue weighted by Gasteiger charge is -2.01. The first-order chi connectivity index (χ1) is 6.57. The van der Waals surface area contributed by atoms with Crippen molar-refractivity contribution in [3.05, 3.63) is 0 Å². The van der Waals surface area contributed by atoms with Crippen molar-refractivity contribution >= 4 is 14.0 Å². The highest BCUT2D eigenvalue weighted by molar-refractivity contribution is 7.32. The molecule has 14 heavy (non-hydrogen) atoms. The van der Waals surface area contributed by atoms with Crippen molar-refractivity contribution in [3.8, 4) is 11.8 Å². The fourth-order valence-corrected chi connectivity index (χ4v) is 0.963. The first-order valence-electron chi connectivity index (χ1n) is 4.35. The summed E-state index contributed by atoms with van der Waals surface area (Å²) in [4.78, 5) is 19.5. The summed E-state index contributed by atoms with van der Waals surface area (Å²) in [5.41, 5.74) is 0. The number of hydrogen-bond donors (Lipinski definition) is 1. The summed E-state index contributed by atoms with van der Waals surface area (Å²) in [6, 6.07) is 0. The Bertz CT molecular complexity index is 264. The fraction of sp³-hybridized carbons (Fsp3) is 0.667. The van der Waals surface area contributed by atoms with Crippen LogP contribution in [0, 0.1) is 17.8 Å². The summed E-state index contributed by atoms with van der Waals surface area (Å²) in [6.45, 7) is 3.33. The van der Waals surface area contributed by atoms with E-state index in [1.807, 2.05) is 6.92 Å². The minimum absolute atomic E-state index is 0.201. The van der Waals surface area contributed by atoms with Gasteiger partial charge in [0.2, 0.25) is 0 Å². The van der Waals surface area contributed by atoms with Crippen LogP contribution in [0.3, 0.4) is 0 Å². The smallest absolute Gasteiger partial charge is 0.297 e. The number of carbonyl (C=O) groups excluding carboxylic acids is 1. The van der Waals surface area contributed by atoms with Crippen LogP contribution >= 0.6 is 8.25 Å². The molecule has 0 rings (SSSR count). The molecule has 0 aliphatic heterocycles. The Morgan fingerprint density at radius 1 is 1.57 bits per heavy atom. The first-order valence-corrected chi connectivity index (χ1v) is 5.48. The third-order valence-electron chi connectivity index (χ3n) is 1.58. The van der Waals surface area contributed by atoms with Gasteiger partial charge in [-0.25, -0.2) is 0 Å². The normalized spacial score (nSPS) is 12.6. The molecular weight excluding hydrogens is 203 g/mol. The zero-order valence-corrected chi connectivity index (χ0v) is 9.21. The van der Waals surface area contributed by atoms with Crippen LogP contribution in [0.25, 0.3) is 0 Å². The molecule has 0 saturated carbocycles. The van der Waals surface area contributed by atoms with E-state index in [-0.39, 0.29) is 18.3 Å². The molecule has 0 aromatic heterocycles. The molecule has 0 radical (unpaired) electrons. The average molecular weight is 217 g/mol. The third kappa shape index (κ3) is 6.73. The summed E-state index contributed by atoms with van der Waals surface area (Å²) in [5.74, 6) is 5.24. The van der Waals surface area contributed by atoms with Gasteiger partial charge in [-0.2, -0.15) is 0 Å². The maximum Gasteiger partial charge on any atom is 0.695 e. The highest BCUT2D eigenvalue weighted by Gasteiger charge is 2.19. The molecular formula is C9H14O4P+. The van der Waals surface area contributed by atoms with Gasteiger partial charge in [-0.3, -0.25) is 4.79 Å². The molecule has 5 heteroatoms. The Morgan fingerprint density at radius 3 is 2.71 bits per heavy atom. The number of carbonyl (C=O) groups is 1. The first kappa shape index (κ1) is 13.2. The van der Waals surface area contributed by atoms with E-state index < -0.39 is 8.25 Å². The van der Waals surface area contributed by atoms with Crippen LogP contribution in [0.15, 0.2) is 0 Å². The SMILES string of the molecule is CCC#CC[C@H](C)C(=O)CO[P+](=O)O. The predicted molar refractivity (Wildman–Crippen MR) is 52.6 cm³/mol. The molecule has 0 heterocycles. The maximum absolute atomic E-state index is 11.2. The Balaban J connectivity index is 3.81. The maximum atomic E-state index is 11.2. The summed E-state index contributed by atoms with van der Waals surface area (Å²) in [6.07, 6.45) is 1.23. The summed E-state index contributed by atoms with van der Waals surface area (Å²) >= 11 is 0. The van der Waals surface area contributed by atoms with Gasteiger partial charge in [0.15, 0.2) is 12.4 Å². The van der Waals surface area contributed by atoms with Gasteiger partial charge in [0.1, 0.15) is 0 Å². The molecule has 1 unspecified atom stereocenters. The van der Waals surface area contributed by atoms with E-state index in [1.165, 1.54) is 0 Å². The standard InChI is InChI=1S/C9H13O4P/c1-3-4-5-6-8(2)9(10)7-13-14(11)12/h8H,3,6-7H2,1-2H3/p+1/t8-/m0/s1. The van der Waals surface area contributed by atoms with Gasteiger partial charge in [-0.1, -0.05) is 13.8 Å². The summed E-state index contributed by atoms with van der Waals surface area (Å²) in [5, 5.41) is 0. The molecule has 0 aliphatic rings. The van der Waals surface area contributed by atoms with Gasteiger partial charge in [-0.15, -0.1) is 21.3 Å². The predicted octanol–water partition coefficient (Wildman–Crippen LogP) is 1.66. The molecule has 0 amide bonds. The molecule has 0 fully saturated rings. The molecule has 78 valence electrons. The van der Waals surface area contributed by atoms with Gasteiger partial charge >= 0.3 is 8.25 Å². The number of Topliss-reactive ketones (excluding diaryl/α,β-unsaturated/α-hetero) is 1. The van der Waals surface area contributed by atoms with Gasteiger partial charge in [-0.05, 0) is 0 Å². The fourth-order valence-electron chi connectivity index (χ4n) is 0.725. The summed E-state index contributed by atoms with van der Waals surface area (Å²) in [7, 11) is -2.68. The second-order valence-corrected chi connectivity index (χ2v) is 3.52. The van der Waals surface area contributed by atoms with Crippen LogP contribution in [-0.4, -0.2) is 17.3 Å². The van der Waals surface area contributed by atoms with E-state index in [0.29, 0.717) is 6.42 Å². The van der Waals surface area contributed by atoms with E-state index in [4.69, 9.17) is 4.89 Å². The van der Waals surface area contributed by atoms with Crippen LogP contribution in [0.1, 0.15) is 26.7 Å². The van der Waals surface area contributed by atoms with Crippen molar-refractivity contribution < 1.29 is 18.8 Å². The van der Waals surface area contributed by atoms with Crippen molar-refractivity contribution in [1.29, 1.82) is 0 Å². The van der Waals surface area contributed by atoms with Crippen LogP contribution in [-0.2, 0) is 13.9 Å². The van der Waals surface area contributed by atoms with Crippen molar-refractivity contribution in [3.63, 3.8) is 0 Å². The zero-order valence-electron chi connectivity index (χ0n) is 8.32. The van der Waals surface area contributed by atoms with Crippen molar-refractivity contribution in [2.24, 2.45) is 5.92 Å². The van der Waals surface area contributed by atoms with Crippen molar-refractivity contribution in [2.45, 2.75) is 26.7 Å². The lowest BCUT2D eigenvalue weighted by molar-refractivity contribution is -0.124. The Kier molecular flexibility index (Phi) is 7.23. The van der Waals surface area contributed by atoms with Gasteiger partial charge in [0, 0.05) is 23.3 Å². The average Bonchev–Trinajstić information content (AvgIpc) is 2.14. The second-order valence-electron chi connectivity index (χ2n) is 2.79. The topological polar surface area (TPSA) is 63.6 Å². The molecule has 2 atom stereocenters. The van der Waals surface area contributed by atoms with E-state index in [0.717, 1.165) is 6.42 Å². The van der Waals surface area contributed by atoms with E-state index in [2.05, 4.69) is 16.4 Å². The number of rotatable bonds is 5. The zero-order chi connectivity index (χ0) is 11.0. The van der Waals surface area contributed by atoms with E-state index >= 15 is 0 Å². The van der Waals surface area contributed by atoms with Crippen LogP contribution in [0.4, 0.5) is 0 Å². The molecule has 0 saturated heterocycles. The lowest BCUT2D eigenvalue weighted by Crippen LogP contribution is -2.15. The molecule has 0 aliphatic carbocycles. The molecule has 0 aromatic rings. The number of hydrogen-bond acceptors (Lipinski definition) is 3. The molecule has 0 bridgehead atoms. The minimum Gasteiger partial charge on any atom is -0.297 e. The number of ketones is 1. The molecule has 0 spiro atoms. The Labute approximate surface area is 84.6 Å². The van der Waals surface area contributed by atoms with Gasteiger partial charge in [0.25, 0.3) is 0 Å². The highest BCUT2D eigenvalue weighted by Crippen LogP contribution is 2.15. The third-order valence-corrected chi connectivity index (χ3v) is 1.93. The second kappa shape index (κ2) is 7.64. The van der Waals surface area contributed by atoms with E-state index in [9.17, 15) is 9.36 Å². The van der Waals surface area contributed by atoms with Gasteiger partial charge in [0.05, 0.1) is 0 Å². The van der Waals surface area contributed by atoms with Crippen molar-refractivity contribution in [1.82, 2.24) is 0 Å². The Hall–Kier alpha value is -0.750. The van der Waals surface area contributed by atoms with Gasteiger partial charge < -0.3 is 0 Å². The minimum atomic E-state index is -2.68. The monoisotopic (exact) mass is 217 g/mol. The molecule has 4 nitrogen and oxygen atoms in total. The van der Waals surface area contributed by atoms with Crippen molar-refractivity contribution in [2.75, 3.05) is 6.61 Å². The van der Waals surface area contributed by atoms with Crippen LogP contribution < -0.4 is 0 Å². The quantitative estimate of drug-likeness (QED) is 0.562. The Morgan fingerprint density at radius 2 is 2.21 bits per heavy atom. The van der Waals surface area contributed by atoms with E-state index in [1.54, 1.807) is 6.92 Å². The highest BCUT2D eigenvalue weighted by atomic mass is 31.1.